The van der Waals surface area contributed by atoms with E-state index in [1.165, 1.54) is 18.4 Å². The number of hydrogen-bond acceptors (Lipinski definition) is 4. The molecule has 138 valence electrons. The second-order valence-corrected chi connectivity index (χ2v) is 8.28. The molecule has 0 spiro atoms. The quantitative estimate of drug-likeness (QED) is 0.469. The van der Waals surface area contributed by atoms with Gasteiger partial charge < -0.3 is 10.1 Å². The van der Waals surface area contributed by atoms with Gasteiger partial charge in [-0.1, -0.05) is 45.7 Å². The molecule has 0 atom stereocenters. The summed E-state index contributed by atoms with van der Waals surface area (Å²) < 4.78 is 5.91. The molecule has 4 nitrogen and oxygen atoms in total. The highest BCUT2D eigenvalue weighted by Gasteiger charge is 2.25. The van der Waals surface area contributed by atoms with Crippen LogP contribution in [0.3, 0.4) is 0 Å². The number of benzene rings is 2. The van der Waals surface area contributed by atoms with Crippen LogP contribution in [0.25, 0.3) is 11.1 Å². The minimum Gasteiger partial charge on any atom is -0.465 e. The van der Waals surface area contributed by atoms with Crippen LogP contribution in [-0.2, 0) is 4.74 Å². The van der Waals surface area contributed by atoms with Gasteiger partial charge in [0.1, 0.15) is 10.6 Å². The van der Waals surface area contributed by atoms with Gasteiger partial charge >= 0.3 is 5.97 Å². The van der Waals surface area contributed by atoms with Gasteiger partial charge in [0.05, 0.1) is 7.11 Å². The van der Waals surface area contributed by atoms with E-state index in [2.05, 4.69) is 21.2 Å². The summed E-state index contributed by atoms with van der Waals surface area (Å²) in [4.78, 5) is 26.0. The SMILES string of the molecule is COC(=O)c1c(NC(=O)c2cccc(Cl)c2)sc(C)c1-c1ccc(Br)cc1. The van der Waals surface area contributed by atoms with Crippen molar-refractivity contribution in [2.24, 2.45) is 0 Å². The molecule has 0 fully saturated rings. The smallest absolute Gasteiger partial charge is 0.341 e. The lowest BCUT2D eigenvalue weighted by atomic mass is 10.0. The highest BCUT2D eigenvalue weighted by Crippen LogP contribution is 2.40. The molecule has 0 unspecified atom stereocenters. The molecule has 0 bridgehead atoms. The number of ether oxygens (including phenoxy) is 1. The molecule has 1 N–H and O–H groups in total. The number of methoxy groups -OCH3 is 1. The van der Waals surface area contributed by atoms with Crippen molar-refractivity contribution in [3.05, 3.63) is 74.0 Å². The third-order valence-electron chi connectivity index (χ3n) is 3.92. The summed E-state index contributed by atoms with van der Waals surface area (Å²) in [6.07, 6.45) is 0. The number of esters is 1. The highest BCUT2D eigenvalue weighted by atomic mass is 79.9. The number of thiophene rings is 1. The van der Waals surface area contributed by atoms with Gasteiger partial charge in [-0.05, 0) is 42.8 Å². The first-order valence-electron chi connectivity index (χ1n) is 7.95. The number of halogens is 2. The molecule has 0 saturated heterocycles. The molecule has 1 amide bonds. The lowest BCUT2D eigenvalue weighted by Gasteiger charge is -2.08. The number of amides is 1. The molecule has 0 aliphatic rings. The molecule has 3 aromatic rings. The fourth-order valence-corrected chi connectivity index (χ4v) is 4.21. The van der Waals surface area contributed by atoms with Gasteiger partial charge in [-0.15, -0.1) is 11.3 Å². The largest absolute Gasteiger partial charge is 0.465 e. The Balaban J connectivity index is 2.05. The first-order chi connectivity index (χ1) is 12.9. The molecule has 0 aliphatic carbocycles. The van der Waals surface area contributed by atoms with Crippen molar-refractivity contribution in [3.8, 4) is 11.1 Å². The van der Waals surface area contributed by atoms with E-state index in [0.717, 1.165) is 20.5 Å². The van der Waals surface area contributed by atoms with Crippen molar-refractivity contribution in [2.45, 2.75) is 6.92 Å². The van der Waals surface area contributed by atoms with Gasteiger partial charge in [0, 0.05) is 25.5 Å². The summed E-state index contributed by atoms with van der Waals surface area (Å²) in [6, 6.07) is 14.3. The Morgan fingerprint density at radius 2 is 1.85 bits per heavy atom. The lowest BCUT2D eigenvalue weighted by molar-refractivity contribution is 0.0603. The molecular formula is C20H15BrClNO3S. The number of carbonyl (C=O) groups excluding carboxylic acids is 2. The average molecular weight is 465 g/mol. The van der Waals surface area contributed by atoms with Crippen molar-refractivity contribution in [3.63, 3.8) is 0 Å². The zero-order valence-electron chi connectivity index (χ0n) is 14.5. The summed E-state index contributed by atoms with van der Waals surface area (Å²) in [7, 11) is 1.32. The zero-order chi connectivity index (χ0) is 19.6. The molecule has 7 heteroatoms. The first-order valence-corrected chi connectivity index (χ1v) is 9.94. The van der Waals surface area contributed by atoms with E-state index < -0.39 is 5.97 Å². The zero-order valence-corrected chi connectivity index (χ0v) is 17.7. The van der Waals surface area contributed by atoms with Crippen molar-refractivity contribution < 1.29 is 14.3 Å². The van der Waals surface area contributed by atoms with Crippen LogP contribution >= 0.6 is 38.9 Å². The minimum absolute atomic E-state index is 0.341. The van der Waals surface area contributed by atoms with E-state index >= 15 is 0 Å². The molecule has 0 saturated carbocycles. The summed E-state index contributed by atoms with van der Waals surface area (Å²) >= 11 is 10.7. The number of nitrogens with one attached hydrogen (secondary N) is 1. The molecule has 1 heterocycles. The Labute approximate surface area is 174 Å². The van der Waals surface area contributed by atoms with E-state index in [-0.39, 0.29) is 5.91 Å². The maximum atomic E-state index is 12.6. The van der Waals surface area contributed by atoms with Crippen LogP contribution < -0.4 is 5.32 Å². The summed E-state index contributed by atoms with van der Waals surface area (Å²) in [5.41, 5.74) is 2.38. The normalized spacial score (nSPS) is 10.5. The Kier molecular flexibility index (Phi) is 5.99. The maximum absolute atomic E-state index is 12.6. The Morgan fingerprint density at radius 3 is 2.48 bits per heavy atom. The van der Waals surface area contributed by atoms with Crippen molar-refractivity contribution in [1.82, 2.24) is 0 Å². The second kappa shape index (κ2) is 8.25. The van der Waals surface area contributed by atoms with Gasteiger partial charge in [0.15, 0.2) is 0 Å². The number of aryl methyl sites for hydroxylation is 1. The van der Waals surface area contributed by atoms with Crippen molar-refractivity contribution in [2.75, 3.05) is 12.4 Å². The first kappa shape index (κ1) is 19.6. The third-order valence-corrected chi connectivity index (χ3v) is 5.70. The monoisotopic (exact) mass is 463 g/mol. The van der Waals surface area contributed by atoms with Crippen molar-refractivity contribution >= 4 is 55.7 Å². The Morgan fingerprint density at radius 1 is 1.15 bits per heavy atom. The molecule has 0 radical (unpaired) electrons. The van der Waals surface area contributed by atoms with E-state index in [9.17, 15) is 9.59 Å². The molecule has 3 rings (SSSR count). The van der Waals surface area contributed by atoms with Gasteiger partial charge in [0.25, 0.3) is 5.91 Å². The average Bonchev–Trinajstić information content (AvgIpc) is 2.97. The topological polar surface area (TPSA) is 55.4 Å². The fraction of sp³-hybridized carbons (Fsp3) is 0.100. The van der Waals surface area contributed by atoms with Crippen LogP contribution in [0.2, 0.25) is 5.02 Å². The summed E-state index contributed by atoms with van der Waals surface area (Å²) in [5, 5.41) is 3.74. The van der Waals surface area contributed by atoms with Crippen LogP contribution in [0.15, 0.2) is 53.0 Å². The second-order valence-electron chi connectivity index (χ2n) is 5.70. The van der Waals surface area contributed by atoms with Crippen LogP contribution in [0.5, 0.6) is 0 Å². The number of hydrogen-bond donors (Lipinski definition) is 1. The summed E-state index contributed by atoms with van der Waals surface area (Å²) in [6.45, 7) is 1.91. The van der Waals surface area contributed by atoms with Gasteiger partial charge in [0.2, 0.25) is 0 Å². The predicted octanol–water partition coefficient (Wildman–Crippen LogP) is 6.18. The van der Waals surface area contributed by atoms with E-state index in [4.69, 9.17) is 16.3 Å². The van der Waals surface area contributed by atoms with Crippen LogP contribution in [0.1, 0.15) is 25.6 Å². The third kappa shape index (κ3) is 4.24. The fourth-order valence-electron chi connectivity index (χ4n) is 2.70. The van der Waals surface area contributed by atoms with Gasteiger partial charge in [-0.3, -0.25) is 4.79 Å². The molecular weight excluding hydrogens is 450 g/mol. The number of rotatable bonds is 4. The van der Waals surface area contributed by atoms with Crippen LogP contribution in [-0.4, -0.2) is 19.0 Å². The van der Waals surface area contributed by atoms with Gasteiger partial charge in [-0.25, -0.2) is 4.79 Å². The summed E-state index contributed by atoms with van der Waals surface area (Å²) in [5.74, 6) is -0.843. The molecule has 2 aromatic carbocycles. The Hall–Kier alpha value is -2.15. The minimum atomic E-state index is -0.501. The van der Waals surface area contributed by atoms with Crippen molar-refractivity contribution in [1.29, 1.82) is 0 Å². The molecule has 27 heavy (non-hydrogen) atoms. The van der Waals surface area contributed by atoms with Gasteiger partial charge in [-0.2, -0.15) is 0 Å². The molecule has 0 aliphatic heterocycles. The standard InChI is InChI=1S/C20H15BrClNO3S/c1-11-16(12-6-8-14(21)9-7-12)17(20(25)26-2)19(27-11)23-18(24)13-4-3-5-15(22)10-13/h3-10H,1-2H3,(H,23,24). The van der Waals surface area contributed by atoms with Crippen LogP contribution in [0, 0.1) is 6.92 Å². The Bertz CT molecular complexity index is 1010. The lowest BCUT2D eigenvalue weighted by Crippen LogP contribution is -2.14. The van der Waals surface area contributed by atoms with E-state index in [0.29, 0.717) is 21.2 Å². The number of carbonyl (C=O) groups is 2. The van der Waals surface area contributed by atoms with E-state index in [1.54, 1.807) is 24.3 Å². The molecule has 1 aromatic heterocycles. The van der Waals surface area contributed by atoms with E-state index in [1.807, 2.05) is 31.2 Å². The number of anilines is 1. The maximum Gasteiger partial charge on any atom is 0.341 e. The predicted molar refractivity (Wildman–Crippen MR) is 113 cm³/mol. The van der Waals surface area contributed by atoms with Crippen LogP contribution in [0.4, 0.5) is 5.00 Å². The highest BCUT2D eigenvalue weighted by molar-refractivity contribution is 9.10.